The highest BCUT2D eigenvalue weighted by Gasteiger charge is 2.36. The van der Waals surface area contributed by atoms with Crippen LogP contribution < -0.4 is 10.6 Å². The minimum atomic E-state index is -0.901. The first-order chi connectivity index (χ1) is 18.4. The zero-order chi connectivity index (χ0) is 26.6. The molecule has 0 saturated heterocycles. The van der Waals surface area contributed by atoms with Crippen LogP contribution in [0.5, 0.6) is 0 Å². The van der Waals surface area contributed by atoms with Crippen LogP contribution in [-0.4, -0.2) is 36.2 Å². The van der Waals surface area contributed by atoms with Gasteiger partial charge in [0, 0.05) is 10.9 Å². The minimum absolute atomic E-state index is 0.0918. The van der Waals surface area contributed by atoms with Gasteiger partial charge in [0.2, 0.25) is 0 Å². The molecular weight excluding hydrogens is 486 g/mol. The summed E-state index contributed by atoms with van der Waals surface area (Å²) in [7, 11) is 0. The Morgan fingerprint density at radius 3 is 2.53 bits per heavy atom. The molecule has 1 atom stereocenters. The van der Waals surface area contributed by atoms with E-state index in [4.69, 9.17) is 18.9 Å². The number of nitrogens with one attached hydrogen (secondary N) is 2. The van der Waals surface area contributed by atoms with Crippen LogP contribution in [0.15, 0.2) is 88.7 Å². The lowest BCUT2D eigenvalue weighted by Gasteiger charge is -2.27. The zero-order valence-corrected chi connectivity index (χ0v) is 20.8. The van der Waals surface area contributed by atoms with E-state index >= 15 is 0 Å². The van der Waals surface area contributed by atoms with Crippen molar-refractivity contribution in [2.45, 2.75) is 19.9 Å². The molecular formula is C29H25N3O6. The van der Waals surface area contributed by atoms with Crippen LogP contribution in [0.25, 0.3) is 22.2 Å². The van der Waals surface area contributed by atoms with Crippen LogP contribution in [0.4, 0.5) is 4.79 Å². The SMILES string of the molecule is CCOC(=O)C1=C(COC(=O)c2cc(-c3ccc(C)cc3)nc3ccccc23)NC(=O)N[C@H]1c1ccco1. The number of furan rings is 1. The maximum Gasteiger partial charge on any atom is 0.339 e. The third kappa shape index (κ3) is 4.99. The standard InChI is InChI=1S/C29H25N3O6/c1-3-36-28(34)25-23(31-29(35)32-26(25)24-9-6-14-37-24)16-38-27(33)20-15-22(18-12-10-17(2)11-13-18)30-21-8-5-4-7-19(20)21/h4-15,26H,3,16H2,1-2H3,(H2,31,32,35)/t26-/m0/s1. The predicted octanol–water partition coefficient (Wildman–Crippen LogP) is 4.83. The van der Waals surface area contributed by atoms with Crippen molar-refractivity contribution in [3.05, 3.63) is 101 Å². The van der Waals surface area contributed by atoms with Crippen molar-refractivity contribution in [2.75, 3.05) is 13.2 Å². The molecule has 5 rings (SSSR count). The van der Waals surface area contributed by atoms with Crippen molar-refractivity contribution in [2.24, 2.45) is 0 Å². The monoisotopic (exact) mass is 511 g/mol. The molecule has 0 bridgehead atoms. The van der Waals surface area contributed by atoms with E-state index in [0.29, 0.717) is 27.9 Å². The van der Waals surface area contributed by atoms with E-state index in [-0.39, 0.29) is 24.5 Å². The number of carbonyl (C=O) groups excluding carboxylic acids is 3. The molecule has 3 heterocycles. The van der Waals surface area contributed by atoms with E-state index < -0.39 is 24.0 Å². The molecule has 1 aliphatic rings. The second kappa shape index (κ2) is 10.6. The number of rotatable bonds is 7. The summed E-state index contributed by atoms with van der Waals surface area (Å²) in [6.07, 6.45) is 1.44. The molecule has 0 saturated carbocycles. The number of nitrogens with zero attached hydrogens (tertiary/aromatic N) is 1. The number of urea groups is 1. The second-order valence-corrected chi connectivity index (χ2v) is 8.67. The van der Waals surface area contributed by atoms with Gasteiger partial charge in [0.05, 0.1) is 40.9 Å². The summed E-state index contributed by atoms with van der Waals surface area (Å²) in [4.78, 5) is 43.4. The molecule has 0 spiro atoms. The van der Waals surface area contributed by atoms with Gasteiger partial charge in [-0.3, -0.25) is 0 Å². The molecule has 4 aromatic rings. The van der Waals surface area contributed by atoms with Gasteiger partial charge < -0.3 is 24.5 Å². The molecule has 192 valence electrons. The number of aryl methyl sites for hydroxylation is 1. The average Bonchev–Trinajstić information content (AvgIpc) is 3.46. The lowest BCUT2D eigenvalue weighted by atomic mass is 10.0. The first kappa shape index (κ1) is 24.8. The third-order valence-electron chi connectivity index (χ3n) is 6.11. The molecule has 9 nitrogen and oxygen atoms in total. The summed E-state index contributed by atoms with van der Waals surface area (Å²) in [5, 5.41) is 5.86. The van der Waals surface area contributed by atoms with E-state index in [1.807, 2.05) is 49.4 Å². The summed E-state index contributed by atoms with van der Waals surface area (Å²) < 4.78 is 16.3. The van der Waals surface area contributed by atoms with Crippen molar-refractivity contribution < 1.29 is 28.3 Å². The molecule has 9 heteroatoms. The van der Waals surface area contributed by atoms with Gasteiger partial charge in [-0.05, 0) is 38.1 Å². The first-order valence-electron chi connectivity index (χ1n) is 12.1. The zero-order valence-electron chi connectivity index (χ0n) is 20.8. The summed E-state index contributed by atoms with van der Waals surface area (Å²) in [6.45, 7) is 3.43. The quantitative estimate of drug-likeness (QED) is 0.341. The number of pyridine rings is 1. The molecule has 0 radical (unpaired) electrons. The lowest BCUT2D eigenvalue weighted by molar-refractivity contribution is -0.139. The Bertz CT molecular complexity index is 1540. The normalized spacial score (nSPS) is 15.1. The number of para-hydroxylation sites is 1. The van der Waals surface area contributed by atoms with Gasteiger partial charge in [-0.1, -0.05) is 48.0 Å². The number of fused-ring (bicyclic) bond motifs is 1. The minimum Gasteiger partial charge on any atom is -0.467 e. The Labute approximate surface area is 218 Å². The van der Waals surface area contributed by atoms with E-state index in [2.05, 4.69) is 10.6 Å². The highest BCUT2D eigenvalue weighted by atomic mass is 16.5. The number of esters is 2. The smallest absolute Gasteiger partial charge is 0.339 e. The van der Waals surface area contributed by atoms with Gasteiger partial charge in [-0.2, -0.15) is 0 Å². The highest BCUT2D eigenvalue weighted by molar-refractivity contribution is 6.04. The molecule has 2 N–H and O–H groups in total. The molecule has 0 unspecified atom stereocenters. The van der Waals surface area contributed by atoms with Gasteiger partial charge in [0.1, 0.15) is 18.4 Å². The fourth-order valence-corrected chi connectivity index (χ4v) is 4.28. The number of hydrogen-bond donors (Lipinski definition) is 2. The number of carbonyl (C=O) groups is 3. The van der Waals surface area contributed by atoms with E-state index in [1.165, 1.54) is 6.26 Å². The Morgan fingerprint density at radius 1 is 1.00 bits per heavy atom. The molecule has 0 fully saturated rings. The maximum atomic E-state index is 13.4. The predicted molar refractivity (Wildman–Crippen MR) is 139 cm³/mol. The summed E-state index contributed by atoms with van der Waals surface area (Å²) in [5.74, 6) is -0.951. The fraction of sp³-hybridized carbons (Fsp3) is 0.172. The summed E-state index contributed by atoms with van der Waals surface area (Å²) in [5.41, 5.74) is 3.74. The molecule has 38 heavy (non-hydrogen) atoms. The van der Waals surface area contributed by atoms with Crippen LogP contribution in [0.3, 0.4) is 0 Å². The van der Waals surface area contributed by atoms with Crippen molar-refractivity contribution >= 4 is 28.9 Å². The largest absolute Gasteiger partial charge is 0.467 e. The van der Waals surface area contributed by atoms with E-state index in [0.717, 1.165) is 11.1 Å². The van der Waals surface area contributed by atoms with Crippen LogP contribution in [0.1, 0.15) is 34.6 Å². The van der Waals surface area contributed by atoms with Gasteiger partial charge in [-0.15, -0.1) is 0 Å². The van der Waals surface area contributed by atoms with Crippen LogP contribution in [-0.2, 0) is 14.3 Å². The molecule has 1 aliphatic heterocycles. The average molecular weight is 512 g/mol. The molecule has 0 aliphatic carbocycles. The number of aromatic nitrogens is 1. The number of amides is 2. The molecule has 2 aromatic heterocycles. The summed E-state index contributed by atoms with van der Waals surface area (Å²) in [6, 6.07) is 18.6. The Morgan fingerprint density at radius 2 is 1.79 bits per heavy atom. The third-order valence-corrected chi connectivity index (χ3v) is 6.11. The summed E-state index contributed by atoms with van der Waals surface area (Å²) >= 11 is 0. The van der Waals surface area contributed by atoms with Gasteiger partial charge in [0.15, 0.2) is 0 Å². The van der Waals surface area contributed by atoms with Gasteiger partial charge in [0.25, 0.3) is 0 Å². The Hall–Kier alpha value is -4.92. The van der Waals surface area contributed by atoms with Crippen molar-refractivity contribution in [3.8, 4) is 11.3 Å². The van der Waals surface area contributed by atoms with Gasteiger partial charge in [-0.25, -0.2) is 19.4 Å². The van der Waals surface area contributed by atoms with Crippen molar-refractivity contribution in [3.63, 3.8) is 0 Å². The van der Waals surface area contributed by atoms with Crippen LogP contribution >= 0.6 is 0 Å². The lowest BCUT2D eigenvalue weighted by Crippen LogP contribution is -2.47. The van der Waals surface area contributed by atoms with Crippen molar-refractivity contribution in [1.82, 2.24) is 15.6 Å². The fourth-order valence-electron chi connectivity index (χ4n) is 4.28. The first-order valence-corrected chi connectivity index (χ1v) is 12.1. The number of hydrogen-bond acceptors (Lipinski definition) is 7. The molecule has 2 aromatic carbocycles. The van der Waals surface area contributed by atoms with E-state index in [1.54, 1.807) is 31.2 Å². The second-order valence-electron chi connectivity index (χ2n) is 8.67. The highest BCUT2D eigenvalue weighted by Crippen LogP contribution is 2.29. The van der Waals surface area contributed by atoms with Crippen molar-refractivity contribution in [1.29, 1.82) is 0 Å². The van der Waals surface area contributed by atoms with Gasteiger partial charge >= 0.3 is 18.0 Å². The Balaban J connectivity index is 1.49. The van der Waals surface area contributed by atoms with E-state index in [9.17, 15) is 14.4 Å². The molecule has 2 amide bonds. The Kier molecular flexibility index (Phi) is 6.90. The topological polar surface area (TPSA) is 120 Å². The van der Waals surface area contributed by atoms with Crippen LogP contribution in [0, 0.1) is 6.92 Å². The maximum absolute atomic E-state index is 13.4. The number of benzene rings is 2. The number of ether oxygens (including phenoxy) is 2. The van der Waals surface area contributed by atoms with Crippen LogP contribution in [0.2, 0.25) is 0 Å².